The summed E-state index contributed by atoms with van der Waals surface area (Å²) in [5, 5.41) is 12.3. The zero-order valence-electron chi connectivity index (χ0n) is 25.7. The molecule has 1 fully saturated rings. The molecule has 13 heteroatoms. The number of nitrogens with zero attached hydrogens (tertiary/aromatic N) is 6. The van der Waals surface area contributed by atoms with Crippen molar-refractivity contribution >= 4 is 46.5 Å². The molecule has 0 bridgehead atoms. The molecule has 0 atom stereocenters. The molecule has 1 saturated heterocycles. The van der Waals surface area contributed by atoms with Crippen molar-refractivity contribution in [1.29, 1.82) is 0 Å². The fraction of sp³-hybridized carbons (Fsp3) is 0.273. The van der Waals surface area contributed by atoms with Crippen LogP contribution < -0.4 is 35.2 Å². The van der Waals surface area contributed by atoms with E-state index in [4.69, 9.17) is 25.3 Å². The van der Waals surface area contributed by atoms with Gasteiger partial charge in [-0.15, -0.1) is 0 Å². The maximum atomic E-state index is 14.1. The first-order chi connectivity index (χ1) is 22.3. The average Bonchev–Trinajstić information content (AvgIpc) is 3.07. The number of aromatic nitrogens is 2. The van der Waals surface area contributed by atoms with Gasteiger partial charge in [0.1, 0.15) is 17.3 Å². The van der Waals surface area contributed by atoms with E-state index < -0.39 is 5.97 Å². The van der Waals surface area contributed by atoms with Crippen LogP contribution in [-0.4, -0.2) is 78.9 Å². The number of hydrogen-bond donors (Lipinski definition) is 3. The molecule has 4 N–H and O–H groups in total. The molecular formula is C33H36N8O5. The van der Waals surface area contributed by atoms with Crippen LogP contribution in [0.2, 0.25) is 0 Å². The van der Waals surface area contributed by atoms with Gasteiger partial charge in [-0.05, 0) is 42.0 Å². The standard InChI is InChI=1S/C33H36N8O5/c1-45-28-15-27(16-29(17-28)46-2)40-20-23-18-35-32(37-31(23)41(33(40)44)19-22-3-5-24(34)6-4-22)36-25-7-9-26(10-8-25)39-13-11-38(12-14-39)21-30(42)43/h3-10,15-18H,11-14,19-21,34H2,1-2H3,(H,42,43)(H,35,36,37). The predicted molar refractivity (Wildman–Crippen MR) is 176 cm³/mol. The molecular weight excluding hydrogens is 588 g/mol. The van der Waals surface area contributed by atoms with E-state index in [0.29, 0.717) is 47.7 Å². The molecule has 46 heavy (non-hydrogen) atoms. The minimum atomic E-state index is -0.805. The lowest BCUT2D eigenvalue weighted by Crippen LogP contribution is -2.47. The number of carbonyl (C=O) groups excluding carboxylic acids is 1. The molecule has 1 aromatic heterocycles. The summed E-state index contributed by atoms with van der Waals surface area (Å²) in [5.74, 6) is 1.21. The Balaban J connectivity index is 1.24. The topological polar surface area (TPSA) is 150 Å². The number of urea groups is 1. The lowest BCUT2D eigenvalue weighted by molar-refractivity contribution is -0.138. The molecule has 238 valence electrons. The minimum absolute atomic E-state index is 0.0638. The van der Waals surface area contributed by atoms with Crippen molar-refractivity contribution in [3.63, 3.8) is 0 Å². The van der Waals surface area contributed by atoms with Gasteiger partial charge in [-0.3, -0.25) is 19.5 Å². The summed E-state index contributed by atoms with van der Waals surface area (Å²) < 4.78 is 10.9. The van der Waals surface area contributed by atoms with E-state index in [1.165, 1.54) is 0 Å². The first-order valence-corrected chi connectivity index (χ1v) is 14.9. The predicted octanol–water partition coefficient (Wildman–Crippen LogP) is 4.17. The molecule has 13 nitrogen and oxygen atoms in total. The van der Waals surface area contributed by atoms with Gasteiger partial charge in [-0.25, -0.2) is 9.78 Å². The number of carboxylic acid groups (broad SMARTS) is 1. The molecule has 4 aromatic rings. The second kappa shape index (κ2) is 13.2. The number of methoxy groups -OCH3 is 2. The summed E-state index contributed by atoms with van der Waals surface area (Å²) in [5.41, 5.74) is 10.7. The van der Waals surface area contributed by atoms with E-state index in [1.54, 1.807) is 48.4 Å². The number of anilines is 6. The van der Waals surface area contributed by atoms with Crippen LogP contribution in [0, 0.1) is 0 Å². The van der Waals surface area contributed by atoms with E-state index in [1.807, 2.05) is 53.4 Å². The van der Waals surface area contributed by atoms with E-state index in [0.717, 1.165) is 35.6 Å². The van der Waals surface area contributed by atoms with Gasteiger partial charge in [0.25, 0.3) is 0 Å². The fourth-order valence-electron chi connectivity index (χ4n) is 5.62. The van der Waals surface area contributed by atoms with Gasteiger partial charge in [0.05, 0.1) is 39.5 Å². The largest absolute Gasteiger partial charge is 0.497 e. The third kappa shape index (κ3) is 6.74. The Bertz CT molecular complexity index is 1690. The molecule has 0 spiro atoms. The van der Waals surface area contributed by atoms with Gasteiger partial charge in [-0.2, -0.15) is 4.98 Å². The van der Waals surface area contributed by atoms with Gasteiger partial charge in [-0.1, -0.05) is 12.1 Å². The highest BCUT2D eigenvalue weighted by Crippen LogP contribution is 2.36. The summed E-state index contributed by atoms with van der Waals surface area (Å²) in [6.45, 7) is 3.50. The molecule has 3 aromatic carbocycles. The second-order valence-electron chi connectivity index (χ2n) is 11.1. The van der Waals surface area contributed by atoms with Gasteiger partial charge >= 0.3 is 12.0 Å². The molecule has 2 amide bonds. The molecule has 2 aliphatic rings. The fourth-order valence-corrected chi connectivity index (χ4v) is 5.62. The minimum Gasteiger partial charge on any atom is -0.497 e. The molecule has 0 unspecified atom stereocenters. The van der Waals surface area contributed by atoms with Crippen LogP contribution in [0.4, 0.5) is 39.3 Å². The lowest BCUT2D eigenvalue weighted by atomic mass is 10.1. The number of benzene rings is 3. The monoisotopic (exact) mass is 624 g/mol. The lowest BCUT2D eigenvalue weighted by Gasteiger charge is -2.36. The first kappa shape index (κ1) is 30.5. The normalized spacial score (nSPS) is 15.0. The van der Waals surface area contributed by atoms with Crippen LogP contribution in [0.5, 0.6) is 11.5 Å². The third-order valence-electron chi connectivity index (χ3n) is 8.08. The number of carboxylic acids is 1. The zero-order valence-corrected chi connectivity index (χ0v) is 25.7. The second-order valence-corrected chi connectivity index (χ2v) is 11.1. The van der Waals surface area contributed by atoms with Crippen LogP contribution in [0.1, 0.15) is 11.1 Å². The summed E-state index contributed by atoms with van der Waals surface area (Å²) in [7, 11) is 3.14. The first-order valence-electron chi connectivity index (χ1n) is 14.9. The van der Waals surface area contributed by atoms with Crippen LogP contribution in [-0.2, 0) is 17.9 Å². The highest BCUT2D eigenvalue weighted by Gasteiger charge is 2.34. The number of ether oxygens (including phenoxy) is 2. The van der Waals surface area contributed by atoms with Crippen LogP contribution >= 0.6 is 0 Å². The van der Waals surface area contributed by atoms with Crippen molar-refractivity contribution in [1.82, 2.24) is 14.9 Å². The zero-order chi connectivity index (χ0) is 32.2. The van der Waals surface area contributed by atoms with Gasteiger partial charge in [0, 0.05) is 73.2 Å². The van der Waals surface area contributed by atoms with Crippen molar-refractivity contribution in [3.8, 4) is 11.5 Å². The number of piperazine rings is 1. The summed E-state index contributed by atoms with van der Waals surface area (Å²) >= 11 is 0. The van der Waals surface area contributed by atoms with Crippen LogP contribution in [0.15, 0.2) is 72.9 Å². The van der Waals surface area contributed by atoms with E-state index >= 15 is 0 Å². The van der Waals surface area contributed by atoms with Gasteiger partial charge < -0.3 is 30.5 Å². The molecule has 0 aliphatic carbocycles. The summed E-state index contributed by atoms with van der Waals surface area (Å²) in [6.07, 6.45) is 1.74. The Kier molecular flexibility index (Phi) is 8.74. The molecule has 0 saturated carbocycles. The van der Waals surface area contributed by atoms with Crippen molar-refractivity contribution in [2.75, 3.05) is 72.7 Å². The van der Waals surface area contributed by atoms with Crippen LogP contribution in [0.3, 0.4) is 0 Å². The van der Waals surface area contributed by atoms with Crippen molar-refractivity contribution in [2.24, 2.45) is 0 Å². The number of aliphatic carboxylic acids is 1. The van der Waals surface area contributed by atoms with Crippen molar-refractivity contribution in [3.05, 3.63) is 84.1 Å². The molecule has 6 rings (SSSR count). The number of amides is 2. The van der Waals surface area contributed by atoms with Crippen LogP contribution in [0.25, 0.3) is 0 Å². The SMILES string of the molecule is COc1cc(OC)cc(N2Cc3cnc(Nc4ccc(N5CCN(CC(=O)O)CC5)cc4)nc3N(Cc3ccc(N)cc3)C2=O)c1. The Morgan fingerprint density at radius 2 is 1.61 bits per heavy atom. The Labute approximate surface area is 266 Å². The number of nitrogens with two attached hydrogens (primary N) is 1. The molecule has 0 radical (unpaired) electrons. The van der Waals surface area contributed by atoms with Crippen molar-refractivity contribution in [2.45, 2.75) is 13.1 Å². The van der Waals surface area contributed by atoms with E-state index in [-0.39, 0.29) is 25.7 Å². The summed E-state index contributed by atoms with van der Waals surface area (Å²) in [4.78, 5) is 42.0. The number of rotatable bonds is 10. The van der Waals surface area contributed by atoms with E-state index in [9.17, 15) is 9.59 Å². The Morgan fingerprint density at radius 3 is 2.24 bits per heavy atom. The van der Waals surface area contributed by atoms with Gasteiger partial charge in [0.2, 0.25) is 5.95 Å². The molecule has 2 aliphatic heterocycles. The summed E-state index contributed by atoms with van der Waals surface area (Å²) in [6, 6.07) is 20.4. The maximum absolute atomic E-state index is 14.1. The number of fused-ring (bicyclic) bond motifs is 1. The Morgan fingerprint density at radius 1 is 0.935 bits per heavy atom. The number of hydrogen-bond acceptors (Lipinski definition) is 10. The smallest absolute Gasteiger partial charge is 0.330 e. The third-order valence-corrected chi connectivity index (χ3v) is 8.08. The van der Waals surface area contributed by atoms with Crippen molar-refractivity contribution < 1.29 is 24.2 Å². The van der Waals surface area contributed by atoms with E-state index in [2.05, 4.69) is 15.2 Å². The number of nitrogens with one attached hydrogen (secondary N) is 1. The highest BCUT2D eigenvalue weighted by atomic mass is 16.5. The molecule has 3 heterocycles. The number of nitrogen functional groups attached to an aromatic ring is 1. The van der Waals surface area contributed by atoms with Gasteiger partial charge in [0.15, 0.2) is 0 Å². The quantitative estimate of drug-likeness (QED) is 0.218. The average molecular weight is 625 g/mol. The number of carbonyl (C=O) groups is 2. The maximum Gasteiger partial charge on any atom is 0.330 e. The highest BCUT2D eigenvalue weighted by molar-refractivity contribution is 6.05. The Hall–Kier alpha value is -5.56.